The molecule has 0 unspecified atom stereocenters. The minimum atomic E-state index is -0.268. The molecular weight excluding hydrogens is 418 g/mol. The fourth-order valence-electron chi connectivity index (χ4n) is 5.02. The first-order valence-corrected chi connectivity index (χ1v) is 11.4. The van der Waals surface area contributed by atoms with Gasteiger partial charge in [0, 0.05) is 35.3 Å². The number of carbonyl (C=O) groups excluding carboxylic acids is 2. The van der Waals surface area contributed by atoms with Gasteiger partial charge < -0.3 is 19.7 Å². The van der Waals surface area contributed by atoms with E-state index in [1.165, 1.54) is 6.42 Å². The van der Waals surface area contributed by atoms with Gasteiger partial charge in [-0.3, -0.25) is 9.59 Å². The molecule has 170 valence electrons. The number of hydrogen-bond acceptors (Lipinski definition) is 5. The lowest BCUT2D eigenvalue weighted by atomic mass is 9.94. The van der Waals surface area contributed by atoms with Crippen molar-refractivity contribution in [3.63, 3.8) is 0 Å². The van der Waals surface area contributed by atoms with Crippen molar-refractivity contribution in [2.75, 3.05) is 19.5 Å². The Morgan fingerprint density at radius 3 is 2.55 bits per heavy atom. The van der Waals surface area contributed by atoms with E-state index in [0.29, 0.717) is 46.1 Å². The predicted octanol–water partition coefficient (Wildman–Crippen LogP) is 4.79. The van der Waals surface area contributed by atoms with Crippen LogP contribution in [0, 0.1) is 0 Å². The van der Waals surface area contributed by atoms with Crippen LogP contribution in [0.5, 0.6) is 11.5 Å². The topological polar surface area (TPSA) is 80.8 Å². The number of fused-ring (bicyclic) bond motifs is 2. The van der Waals surface area contributed by atoms with E-state index >= 15 is 0 Å². The van der Waals surface area contributed by atoms with Crippen LogP contribution in [0.2, 0.25) is 0 Å². The molecule has 2 amide bonds. The van der Waals surface area contributed by atoms with E-state index in [9.17, 15) is 9.59 Å². The molecule has 2 aromatic carbocycles. The lowest BCUT2D eigenvalue weighted by Crippen LogP contribution is -2.37. The van der Waals surface area contributed by atoms with E-state index in [4.69, 9.17) is 9.47 Å². The average Bonchev–Trinajstić information content (AvgIpc) is 3.18. The second kappa shape index (κ2) is 8.73. The highest BCUT2D eigenvalue weighted by Crippen LogP contribution is 2.35. The molecule has 5 rings (SSSR count). The van der Waals surface area contributed by atoms with Crippen molar-refractivity contribution in [1.82, 2.24) is 9.88 Å². The maximum absolute atomic E-state index is 13.6. The zero-order valence-electron chi connectivity index (χ0n) is 18.9. The molecule has 7 heteroatoms. The van der Waals surface area contributed by atoms with Gasteiger partial charge in [0.05, 0.1) is 25.3 Å². The second-order valence-corrected chi connectivity index (χ2v) is 8.58. The third-order valence-corrected chi connectivity index (χ3v) is 6.67. The molecule has 33 heavy (non-hydrogen) atoms. The number of amides is 2. The normalized spacial score (nSPS) is 16.1. The smallest absolute Gasteiger partial charge is 0.273 e. The fraction of sp³-hybridized carbons (Fsp3) is 0.346. The predicted molar refractivity (Wildman–Crippen MR) is 126 cm³/mol. The fourth-order valence-corrected chi connectivity index (χ4v) is 5.02. The van der Waals surface area contributed by atoms with Gasteiger partial charge in [0.15, 0.2) is 11.5 Å². The van der Waals surface area contributed by atoms with Crippen LogP contribution in [-0.2, 0) is 6.54 Å². The number of anilines is 1. The first-order valence-electron chi connectivity index (χ1n) is 11.4. The van der Waals surface area contributed by atoms with Gasteiger partial charge >= 0.3 is 0 Å². The zero-order valence-corrected chi connectivity index (χ0v) is 18.9. The van der Waals surface area contributed by atoms with Gasteiger partial charge in [0.1, 0.15) is 5.69 Å². The standard InChI is InChI=1S/C26H27N3O4/c1-32-21-13-12-16(14-22(21)33-2)27-25(30)23-18-10-6-7-11-20(18)28-24-19(23)15-29(26(24)31)17-8-4-3-5-9-17/h6-7,10-14,17H,3-5,8-9,15H2,1-2H3,(H,27,30). The lowest BCUT2D eigenvalue weighted by molar-refractivity contribution is 0.0655. The molecule has 0 atom stereocenters. The van der Waals surface area contributed by atoms with Crippen molar-refractivity contribution >= 4 is 28.4 Å². The molecular formula is C26H27N3O4. The highest BCUT2D eigenvalue weighted by molar-refractivity contribution is 6.16. The molecule has 1 aromatic heterocycles. The van der Waals surface area contributed by atoms with Crippen LogP contribution in [0.25, 0.3) is 10.9 Å². The molecule has 1 aliphatic carbocycles. The van der Waals surface area contributed by atoms with Crippen LogP contribution in [0.3, 0.4) is 0 Å². The van der Waals surface area contributed by atoms with Crippen LogP contribution in [-0.4, -0.2) is 42.0 Å². The third-order valence-electron chi connectivity index (χ3n) is 6.67. The Hall–Kier alpha value is -3.61. The number of ether oxygens (including phenoxy) is 2. The number of rotatable bonds is 5. The van der Waals surface area contributed by atoms with Crippen molar-refractivity contribution in [3.8, 4) is 11.5 Å². The summed E-state index contributed by atoms with van der Waals surface area (Å²) in [5, 5.41) is 3.73. The number of nitrogens with zero attached hydrogens (tertiary/aromatic N) is 2. The maximum Gasteiger partial charge on any atom is 0.273 e. The van der Waals surface area contributed by atoms with Crippen LogP contribution in [0.4, 0.5) is 5.69 Å². The van der Waals surface area contributed by atoms with E-state index in [-0.39, 0.29) is 17.9 Å². The van der Waals surface area contributed by atoms with Gasteiger partial charge in [-0.05, 0) is 31.0 Å². The second-order valence-electron chi connectivity index (χ2n) is 8.58. The van der Waals surface area contributed by atoms with Gasteiger partial charge in [-0.15, -0.1) is 0 Å². The van der Waals surface area contributed by atoms with Gasteiger partial charge in [-0.2, -0.15) is 0 Å². The van der Waals surface area contributed by atoms with Gasteiger partial charge in [0.2, 0.25) is 0 Å². The monoisotopic (exact) mass is 445 g/mol. The zero-order chi connectivity index (χ0) is 22.9. The molecule has 1 saturated carbocycles. The SMILES string of the molecule is COc1ccc(NC(=O)c2c3c(nc4ccccc24)C(=O)N(C2CCCCC2)C3)cc1OC. The number of nitrogens with one attached hydrogen (secondary N) is 1. The molecule has 2 aliphatic rings. The number of aromatic nitrogens is 1. The van der Waals surface area contributed by atoms with Crippen molar-refractivity contribution in [2.24, 2.45) is 0 Å². The van der Waals surface area contributed by atoms with Crippen molar-refractivity contribution in [2.45, 2.75) is 44.7 Å². The van der Waals surface area contributed by atoms with Gasteiger partial charge in [-0.25, -0.2) is 4.98 Å². The van der Waals surface area contributed by atoms with Crippen LogP contribution in [0.15, 0.2) is 42.5 Å². The molecule has 0 bridgehead atoms. The third kappa shape index (κ3) is 3.77. The molecule has 0 spiro atoms. The van der Waals surface area contributed by atoms with Gasteiger partial charge in [-0.1, -0.05) is 37.5 Å². The van der Waals surface area contributed by atoms with Gasteiger partial charge in [0.25, 0.3) is 11.8 Å². The van der Waals surface area contributed by atoms with Crippen molar-refractivity contribution in [1.29, 1.82) is 0 Å². The van der Waals surface area contributed by atoms with E-state index in [2.05, 4.69) is 10.3 Å². The van der Waals surface area contributed by atoms with E-state index in [0.717, 1.165) is 31.1 Å². The summed E-state index contributed by atoms with van der Waals surface area (Å²) in [5.41, 5.74) is 2.85. The van der Waals surface area contributed by atoms with E-state index < -0.39 is 0 Å². The summed E-state index contributed by atoms with van der Waals surface area (Å²) in [6, 6.07) is 12.9. The number of benzene rings is 2. The maximum atomic E-state index is 13.6. The van der Waals surface area contributed by atoms with Crippen LogP contribution < -0.4 is 14.8 Å². The van der Waals surface area contributed by atoms with Crippen LogP contribution >= 0.6 is 0 Å². The van der Waals surface area contributed by atoms with E-state index in [1.807, 2.05) is 29.2 Å². The molecule has 7 nitrogen and oxygen atoms in total. The summed E-state index contributed by atoms with van der Waals surface area (Å²) in [5.74, 6) is 0.774. The summed E-state index contributed by atoms with van der Waals surface area (Å²) in [6.45, 7) is 0.422. The van der Waals surface area contributed by atoms with E-state index in [1.54, 1.807) is 32.4 Å². The molecule has 0 radical (unpaired) electrons. The minimum absolute atomic E-state index is 0.0668. The summed E-state index contributed by atoms with van der Waals surface area (Å²) in [4.78, 5) is 33.5. The Morgan fingerprint density at radius 1 is 1.03 bits per heavy atom. The summed E-state index contributed by atoms with van der Waals surface area (Å²) >= 11 is 0. The highest BCUT2D eigenvalue weighted by Gasteiger charge is 2.38. The summed E-state index contributed by atoms with van der Waals surface area (Å²) in [7, 11) is 3.12. The number of hydrogen-bond donors (Lipinski definition) is 1. The first kappa shape index (κ1) is 21.2. The number of para-hydroxylation sites is 1. The highest BCUT2D eigenvalue weighted by atomic mass is 16.5. The Kier molecular flexibility index (Phi) is 5.62. The van der Waals surface area contributed by atoms with Crippen LogP contribution in [0.1, 0.15) is 58.5 Å². The first-order chi connectivity index (χ1) is 16.1. The average molecular weight is 446 g/mol. The molecule has 3 aromatic rings. The quantitative estimate of drug-likeness (QED) is 0.611. The molecule has 2 heterocycles. The molecule has 0 saturated heterocycles. The summed E-state index contributed by atoms with van der Waals surface area (Å²) < 4.78 is 10.7. The minimum Gasteiger partial charge on any atom is -0.493 e. The lowest BCUT2D eigenvalue weighted by Gasteiger charge is -2.30. The van der Waals surface area contributed by atoms with Crippen molar-refractivity contribution in [3.05, 3.63) is 59.3 Å². The van der Waals surface area contributed by atoms with Crippen molar-refractivity contribution < 1.29 is 19.1 Å². The Balaban J connectivity index is 1.55. The molecule has 1 fully saturated rings. The number of carbonyl (C=O) groups is 2. The molecule has 1 aliphatic heterocycles. The number of methoxy groups -OCH3 is 2. The Labute approximate surface area is 192 Å². The molecule has 1 N–H and O–H groups in total. The largest absolute Gasteiger partial charge is 0.493 e. The summed E-state index contributed by atoms with van der Waals surface area (Å²) in [6.07, 6.45) is 5.49. The number of pyridine rings is 1. The Bertz CT molecular complexity index is 1230. The Morgan fingerprint density at radius 2 is 1.79 bits per heavy atom.